The zero-order valence-electron chi connectivity index (χ0n) is 15.2. The minimum absolute atomic E-state index is 0.00935. The Morgan fingerprint density at radius 2 is 2.00 bits per heavy atom. The second-order valence-electron chi connectivity index (χ2n) is 6.53. The van der Waals surface area contributed by atoms with Gasteiger partial charge in [0.1, 0.15) is 0 Å². The summed E-state index contributed by atoms with van der Waals surface area (Å²) in [6.45, 7) is 1.69. The standard InChI is InChI=1S/C19H23N3O4S/c1-2-20-19(25)22-16(23)11-26-18(24)13-8-4-3-7-12(13)17-21-14-9-5-6-10-15(14)27-17/h5-6,9-10,12-13H,2-4,7-8,11H2,1H3,(H2,20,22,23,25)/t12-,13-/m0/s1. The van der Waals surface area contributed by atoms with Gasteiger partial charge in [-0.2, -0.15) is 0 Å². The van der Waals surface area contributed by atoms with Crippen LogP contribution in [0.3, 0.4) is 0 Å². The normalized spacial score (nSPS) is 19.4. The molecule has 1 aliphatic rings. The van der Waals surface area contributed by atoms with Gasteiger partial charge in [-0.05, 0) is 31.9 Å². The van der Waals surface area contributed by atoms with Crippen LogP contribution in [0.4, 0.5) is 4.79 Å². The first-order chi connectivity index (χ1) is 13.1. The van der Waals surface area contributed by atoms with Gasteiger partial charge in [-0.25, -0.2) is 9.78 Å². The maximum atomic E-state index is 12.6. The van der Waals surface area contributed by atoms with Crippen LogP contribution < -0.4 is 10.6 Å². The minimum Gasteiger partial charge on any atom is -0.455 e. The molecule has 2 N–H and O–H groups in total. The quantitative estimate of drug-likeness (QED) is 0.766. The van der Waals surface area contributed by atoms with Crippen molar-refractivity contribution in [3.8, 4) is 0 Å². The van der Waals surface area contributed by atoms with Crippen LogP contribution in [0.5, 0.6) is 0 Å². The van der Waals surface area contributed by atoms with E-state index in [1.807, 2.05) is 24.3 Å². The van der Waals surface area contributed by atoms with E-state index in [0.29, 0.717) is 6.54 Å². The molecule has 0 spiro atoms. The molecule has 1 aromatic heterocycles. The number of hydrogen-bond acceptors (Lipinski definition) is 6. The van der Waals surface area contributed by atoms with E-state index in [1.54, 1.807) is 18.3 Å². The van der Waals surface area contributed by atoms with Crippen molar-refractivity contribution in [1.29, 1.82) is 0 Å². The fraction of sp³-hybridized carbons (Fsp3) is 0.474. The summed E-state index contributed by atoms with van der Waals surface area (Å²) >= 11 is 1.61. The van der Waals surface area contributed by atoms with Gasteiger partial charge in [-0.1, -0.05) is 25.0 Å². The molecule has 0 aliphatic heterocycles. The number of rotatable bonds is 5. The highest BCUT2D eigenvalue weighted by Crippen LogP contribution is 2.41. The smallest absolute Gasteiger partial charge is 0.321 e. The molecule has 1 aliphatic carbocycles. The number of benzene rings is 1. The monoisotopic (exact) mass is 389 g/mol. The summed E-state index contributed by atoms with van der Waals surface area (Å²) in [6, 6.07) is 7.33. The molecule has 1 saturated carbocycles. The third-order valence-corrected chi connectivity index (χ3v) is 5.80. The van der Waals surface area contributed by atoms with Gasteiger partial charge in [0.05, 0.1) is 21.1 Å². The first-order valence-corrected chi connectivity index (χ1v) is 10.00. The number of carbonyl (C=O) groups is 3. The SMILES string of the molecule is CCNC(=O)NC(=O)COC(=O)[C@H]1CCCC[C@@H]1c1nc2ccccc2s1. The van der Waals surface area contributed by atoms with Crippen molar-refractivity contribution in [2.24, 2.45) is 5.92 Å². The van der Waals surface area contributed by atoms with Crippen LogP contribution in [0, 0.1) is 5.92 Å². The molecule has 0 radical (unpaired) electrons. The zero-order chi connectivity index (χ0) is 19.2. The Morgan fingerprint density at radius 3 is 2.78 bits per heavy atom. The highest BCUT2D eigenvalue weighted by atomic mass is 32.1. The van der Waals surface area contributed by atoms with Crippen molar-refractivity contribution in [2.45, 2.75) is 38.5 Å². The molecule has 2 aromatic rings. The zero-order valence-corrected chi connectivity index (χ0v) is 16.0. The van der Waals surface area contributed by atoms with Crippen LogP contribution in [-0.4, -0.2) is 36.0 Å². The Balaban J connectivity index is 1.63. The molecular formula is C19H23N3O4S. The molecule has 3 rings (SSSR count). The molecule has 1 heterocycles. The number of carbonyl (C=O) groups excluding carboxylic acids is 3. The molecule has 7 nitrogen and oxygen atoms in total. The second kappa shape index (κ2) is 8.94. The number of esters is 1. The van der Waals surface area contributed by atoms with E-state index in [4.69, 9.17) is 9.72 Å². The first kappa shape index (κ1) is 19.3. The third kappa shape index (κ3) is 4.82. The number of hydrogen-bond donors (Lipinski definition) is 2. The number of imide groups is 1. The molecule has 8 heteroatoms. The summed E-state index contributed by atoms with van der Waals surface area (Å²) in [5, 5.41) is 5.52. The number of nitrogens with zero attached hydrogens (tertiary/aromatic N) is 1. The van der Waals surface area contributed by atoms with Crippen LogP contribution >= 0.6 is 11.3 Å². The number of aromatic nitrogens is 1. The van der Waals surface area contributed by atoms with E-state index in [1.165, 1.54) is 0 Å². The summed E-state index contributed by atoms with van der Waals surface area (Å²) in [5.41, 5.74) is 0.941. The highest BCUT2D eigenvalue weighted by Gasteiger charge is 2.35. The number of amides is 3. The van der Waals surface area contributed by atoms with Crippen molar-refractivity contribution in [2.75, 3.05) is 13.2 Å². The van der Waals surface area contributed by atoms with Crippen LogP contribution in [-0.2, 0) is 14.3 Å². The Hall–Kier alpha value is -2.48. The molecule has 144 valence electrons. The van der Waals surface area contributed by atoms with Crippen molar-refractivity contribution < 1.29 is 19.1 Å². The van der Waals surface area contributed by atoms with Crippen molar-refractivity contribution >= 4 is 39.5 Å². The number of thiazole rings is 1. The Labute approximate surface area is 161 Å². The summed E-state index contributed by atoms with van der Waals surface area (Å²) < 4.78 is 6.30. The Bertz CT molecular complexity index is 802. The Kier molecular flexibility index (Phi) is 6.39. The van der Waals surface area contributed by atoms with E-state index in [9.17, 15) is 14.4 Å². The average Bonchev–Trinajstić information content (AvgIpc) is 3.10. The highest BCUT2D eigenvalue weighted by molar-refractivity contribution is 7.18. The fourth-order valence-corrected chi connectivity index (χ4v) is 4.54. The molecule has 0 bridgehead atoms. The largest absolute Gasteiger partial charge is 0.455 e. The van der Waals surface area contributed by atoms with E-state index < -0.39 is 24.5 Å². The summed E-state index contributed by atoms with van der Waals surface area (Å²) in [5.74, 6) is -1.33. The lowest BCUT2D eigenvalue weighted by molar-refractivity contribution is -0.154. The fourth-order valence-electron chi connectivity index (χ4n) is 3.37. The van der Waals surface area contributed by atoms with Crippen LogP contribution in [0.1, 0.15) is 43.5 Å². The first-order valence-electron chi connectivity index (χ1n) is 9.18. The lowest BCUT2D eigenvalue weighted by Gasteiger charge is -2.28. The van der Waals surface area contributed by atoms with E-state index in [-0.39, 0.29) is 11.8 Å². The predicted octanol–water partition coefficient (Wildman–Crippen LogP) is 2.96. The summed E-state index contributed by atoms with van der Waals surface area (Å²) in [7, 11) is 0. The van der Waals surface area contributed by atoms with Crippen molar-refractivity contribution in [3.05, 3.63) is 29.3 Å². The van der Waals surface area contributed by atoms with Gasteiger partial charge >= 0.3 is 12.0 Å². The van der Waals surface area contributed by atoms with E-state index >= 15 is 0 Å². The van der Waals surface area contributed by atoms with Crippen LogP contribution in [0.15, 0.2) is 24.3 Å². The van der Waals surface area contributed by atoms with Crippen molar-refractivity contribution in [3.63, 3.8) is 0 Å². The lowest BCUT2D eigenvalue weighted by atomic mass is 9.79. The third-order valence-electron chi connectivity index (χ3n) is 4.63. The maximum Gasteiger partial charge on any atom is 0.321 e. The van der Waals surface area contributed by atoms with Gasteiger partial charge in [0.2, 0.25) is 0 Å². The topological polar surface area (TPSA) is 97.4 Å². The molecule has 0 saturated heterocycles. The van der Waals surface area contributed by atoms with Gasteiger partial charge < -0.3 is 10.1 Å². The predicted molar refractivity (Wildman–Crippen MR) is 102 cm³/mol. The average molecular weight is 389 g/mol. The van der Waals surface area contributed by atoms with Crippen molar-refractivity contribution in [1.82, 2.24) is 15.6 Å². The number of ether oxygens (including phenoxy) is 1. The van der Waals surface area contributed by atoms with Gasteiger partial charge in [-0.3, -0.25) is 14.9 Å². The Morgan fingerprint density at radius 1 is 1.22 bits per heavy atom. The number of urea groups is 1. The lowest BCUT2D eigenvalue weighted by Crippen LogP contribution is -2.41. The number of fused-ring (bicyclic) bond motifs is 1. The van der Waals surface area contributed by atoms with Crippen LogP contribution in [0.25, 0.3) is 10.2 Å². The molecule has 1 aromatic carbocycles. The van der Waals surface area contributed by atoms with Gasteiger partial charge in [0.15, 0.2) is 6.61 Å². The molecule has 1 fully saturated rings. The van der Waals surface area contributed by atoms with E-state index in [2.05, 4.69) is 10.6 Å². The summed E-state index contributed by atoms with van der Waals surface area (Å²) in [4.78, 5) is 40.3. The van der Waals surface area contributed by atoms with Gasteiger partial charge in [-0.15, -0.1) is 11.3 Å². The van der Waals surface area contributed by atoms with E-state index in [0.717, 1.165) is 40.9 Å². The second-order valence-corrected chi connectivity index (χ2v) is 7.59. The van der Waals surface area contributed by atoms with Crippen LogP contribution in [0.2, 0.25) is 0 Å². The van der Waals surface area contributed by atoms with Gasteiger partial charge in [0.25, 0.3) is 5.91 Å². The molecule has 2 atom stereocenters. The molecule has 0 unspecified atom stereocenters. The van der Waals surface area contributed by atoms with Gasteiger partial charge in [0, 0.05) is 12.5 Å². The minimum atomic E-state index is -0.637. The maximum absolute atomic E-state index is 12.6. The number of nitrogens with one attached hydrogen (secondary N) is 2. The molecular weight excluding hydrogens is 366 g/mol. The molecule has 3 amide bonds. The molecule has 27 heavy (non-hydrogen) atoms. The number of para-hydroxylation sites is 1. The summed E-state index contributed by atoms with van der Waals surface area (Å²) in [6.07, 6.45) is 3.59.